The number of ether oxygens (including phenoxy) is 2. The van der Waals surface area contributed by atoms with Crippen molar-refractivity contribution in [2.75, 3.05) is 37.3 Å². The van der Waals surface area contributed by atoms with Crippen molar-refractivity contribution < 1.29 is 23.0 Å². The normalized spacial score (nSPS) is 11.6. The average Bonchev–Trinajstić information content (AvgIpc) is 3.27. The topological polar surface area (TPSA) is 115 Å². The quantitative estimate of drug-likeness (QED) is 0.315. The molecule has 0 amide bonds. The van der Waals surface area contributed by atoms with E-state index in [1.165, 1.54) is 0 Å². The second-order valence-corrected chi connectivity index (χ2v) is 8.63. The van der Waals surface area contributed by atoms with Crippen LogP contribution in [0.15, 0.2) is 67.3 Å². The van der Waals surface area contributed by atoms with Gasteiger partial charge in [-0.1, -0.05) is 0 Å². The van der Waals surface area contributed by atoms with Gasteiger partial charge < -0.3 is 24.5 Å². The van der Waals surface area contributed by atoms with E-state index in [2.05, 4.69) is 15.0 Å². The zero-order valence-electron chi connectivity index (χ0n) is 18.0. The summed E-state index contributed by atoms with van der Waals surface area (Å²) in [5.74, 6) is 1.31. The minimum atomic E-state index is -3.31. The van der Waals surface area contributed by atoms with Gasteiger partial charge in [-0.2, -0.15) is 0 Å². The predicted molar refractivity (Wildman–Crippen MR) is 133 cm³/mol. The Bertz CT molecular complexity index is 1030. The Morgan fingerprint density at radius 2 is 1.67 bits per heavy atom. The Kier molecular flexibility index (Phi) is 12.0. The Hall–Kier alpha value is -2.50. The van der Waals surface area contributed by atoms with Gasteiger partial charge in [0.15, 0.2) is 0 Å². The van der Waals surface area contributed by atoms with E-state index in [1.54, 1.807) is 36.8 Å². The van der Waals surface area contributed by atoms with E-state index >= 15 is 0 Å². The molecular weight excluding hydrogens is 491 g/mol. The maximum Gasteiger partial charge on any atom is 0.229 e. The van der Waals surface area contributed by atoms with Gasteiger partial charge in [0.25, 0.3) is 0 Å². The first-order valence-electron chi connectivity index (χ1n) is 9.70. The molecule has 0 aliphatic carbocycles. The molecule has 1 atom stereocenters. The molecule has 0 aliphatic heterocycles. The minimum Gasteiger partial charge on any atom is -0.492 e. The number of hydrogen-bond donors (Lipinski definition) is 3. The molecule has 3 N–H and O–H groups in total. The number of halogens is 2. The number of nitrogens with zero attached hydrogens (tertiary/aromatic N) is 2. The number of hydrogen-bond acceptors (Lipinski definition) is 7. The van der Waals surface area contributed by atoms with Crippen molar-refractivity contribution in [3.63, 3.8) is 0 Å². The second-order valence-electron chi connectivity index (χ2n) is 6.88. The van der Waals surface area contributed by atoms with Crippen LogP contribution >= 0.6 is 24.8 Å². The summed E-state index contributed by atoms with van der Waals surface area (Å²) in [7, 11) is -3.31. The van der Waals surface area contributed by atoms with Crippen molar-refractivity contribution >= 4 is 40.5 Å². The van der Waals surface area contributed by atoms with Crippen molar-refractivity contribution in [3.8, 4) is 17.2 Å². The van der Waals surface area contributed by atoms with Gasteiger partial charge in [0.05, 0.1) is 12.6 Å². The van der Waals surface area contributed by atoms with Crippen LogP contribution in [0.5, 0.6) is 11.5 Å². The third-order valence-corrected chi connectivity index (χ3v) is 4.77. The summed E-state index contributed by atoms with van der Waals surface area (Å²) >= 11 is 0. The molecule has 9 nitrogen and oxygen atoms in total. The molecule has 1 aromatic heterocycles. The number of aromatic nitrogens is 2. The van der Waals surface area contributed by atoms with Crippen molar-refractivity contribution in [1.29, 1.82) is 0 Å². The zero-order chi connectivity index (χ0) is 22.1. The van der Waals surface area contributed by atoms with Crippen LogP contribution in [0.1, 0.15) is 0 Å². The molecule has 12 heteroatoms. The molecule has 0 radical (unpaired) electrons. The SMILES string of the molecule is CS(=O)(=O)Nc1ccc(OCC(O)CNCCOc2ccc(-n3ccnc3)cc2)cc1.Cl.Cl. The monoisotopic (exact) mass is 518 g/mol. The summed E-state index contributed by atoms with van der Waals surface area (Å²) in [5.41, 5.74) is 1.46. The Balaban J connectivity index is 0.00000272. The van der Waals surface area contributed by atoms with Crippen molar-refractivity contribution in [1.82, 2.24) is 14.9 Å². The van der Waals surface area contributed by atoms with E-state index in [1.807, 2.05) is 35.0 Å². The molecule has 182 valence electrons. The smallest absolute Gasteiger partial charge is 0.229 e. The van der Waals surface area contributed by atoms with Crippen LogP contribution in [0.25, 0.3) is 5.69 Å². The lowest BCUT2D eigenvalue weighted by Crippen LogP contribution is -2.33. The lowest BCUT2D eigenvalue weighted by molar-refractivity contribution is 0.105. The minimum absolute atomic E-state index is 0. The lowest BCUT2D eigenvalue weighted by atomic mass is 10.3. The largest absolute Gasteiger partial charge is 0.492 e. The van der Waals surface area contributed by atoms with E-state index in [4.69, 9.17) is 9.47 Å². The summed E-state index contributed by atoms with van der Waals surface area (Å²) in [6.45, 7) is 1.51. The number of anilines is 1. The van der Waals surface area contributed by atoms with Gasteiger partial charge in [0.1, 0.15) is 30.8 Å². The number of imidazole rings is 1. The number of nitrogens with one attached hydrogen (secondary N) is 2. The highest BCUT2D eigenvalue weighted by Gasteiger charge is 2.06. The third-order valence-electron chi connectivity index (χ3n) is 4.17. The second kappa shape index (κ2) is 13.9. The van der Waals surface area contributed by atoms with Gasteiger partial charge in [-0.3, -0.25) is 4.72 Å². The Morgan fingerprint density at radius 1 is 1.03 bits per heavy atom. The molecular formula is C21H28Cl2N4O5S. The third kappa shape index (κ3) is 10.3. The zero-order valence-corrected chi connectivity index (χ0v) is 20.4. The molecule has 1 heterocycles. The number of aliphatic hydroxyl groups is 1. The van der Waals surface area contributed by atoms with Crippen LogP contribution in [0, 0.1) is 0 Å². The first-order chi connectivity index (χ1) is 14.9. The first-order valence-corrected chi connectivity index (χ1v) is 11.6. The Morgan fingerprint density at radius 3 is 2.27 bits per heavy atom. The molecule has 0 aliphatic rings. The first kappa shape index (κ1) is 28.5. The molecule has 0 saturated heterocycles. The van der Waals surface area contributed by atoms with Crippen LogP contribution in [-0.2, 0) is 10.0 Å². The van der Waals surface area contributed by atoms with Gasteiger partial charge in [0.2, 0.25) is 10.0 Å². The van der Waals surface area contributed by atoms with Crippen LogP contribution in [0.4, 0.5) is 5.69 Å². The molecule has 0 bridgehead atoms. The van der Waals surface area contributed by atoms with E-state index < -0.39 is 16.1 Å². The van der Waals surface area contributed by atoms with Gasteiger partial charge in [0, 0.05) is 36.9 Å². The van der Waals surface area contributed by atoms with Crippen LogP contribution < -0.4 is 19.5 Å². The average molecular weight is 519 g/mol. The summed E-state index contributed by atoms with van der Waals surface area (Å²) in [6.07, 6.45) is 5.73. The highest BCUT2D eigenvalue weighted by atomic mass is 35.5. The fourth-order valence-electron chi connectivity index (χ4n) is 2.72. The van der Waals surface area contributed by atoms with Crippen LogP contribution in [0.3, 0.4) is 0 Å². The van der Waals surface area contributed by atoms with Gasteiger partial charge in [-0.15, -0.1) is 24.8 Å². The van der Waals surface area contributed by atoms with E-state index in [-0.39, 0.29) is 31.4 Å². The molecule has 33 heavy (non-hydrogen) atoms. The molecule has 3 rings (SSSR count). The van der Waals surface area contributed by atoms with Crippen LogP contribution in [-0.4, -0.2) is 61.7 Å². The van der Waals surface area contributed by atoms with Crippen molar-refractivity contribution in [3.05, 3.63) is 67.3 Å². The highest BCUT2D eigenvalue weighted by molar-refractivity contribution is 7.92. The standard InChI is InChI=1S/C21H26N4O5S.2ClH/c1-31(27,28)24-17-2-6-21(7-3-17)30-15-19(26)14-22-11-13-29-20-8-4-18(5-9-20)25-12-10-23-16-25;;/h2-10,12,16,19,22,24,26H,11,13-15H2,1H3;2*1H. The predicted octanol–water partition coefficient (Wildman–Crippen LogP) is 2.50. The highest BCUT2D eigenvalue weighted by Crippen LogP contribution is 2.17. The number of sulfonamides is 1. The van der Waals surface area contributed by atoms with Gasteiger partial charge in [-0.05, 0) is 48.5 Å². The maximum atomic E-state index is 11.2. The fourth-order valence-corrected chi connectivity index (χ4v) is 3.28. The van der Waals surface area contributed by atoms with E-state index in [9.17, 15) is 13.5 Å². The summed E-state index contributed by atoms with van der Waals surface area (Å²) in [4.78, 5) is 4.02. The molecule has 1 unspecified atom stereocenters. The Labute approximate surface area is 206 Å². The van der Waals surface area contributed by atoms with Gasteiger partial charge in [-0.25, -0.2) is 13.4 Å². The van der Waals surface area contributed by atoms with Crippen molar-refractivity contribution in [2.45, 2.75) is 6.10 Å². The molecule has 0 saturated carbocycles. The molecule has 0 fully saturated rings. The summed E-state index contributed by atoms with van der Waals surface area (Å²) < 4.78 is 37.9. The number of benzene rings is 2. The maximum absolute atomic E-state index is 11.2. The van der Waals surface area contributed by atoms with E-state index in [0.29, 0.717) is 31.1 Å². The number of rotatable bonds is 12. The molecule has 3 aromatic rings. The van der Waals surface area contributed by atoms with E-state index in [0.717, 1.165) is 17.7 Å². The summed E-state index contributed by atoms with van der Waals surface area (Å²) in [6, 6.07) is 14.2. The molecule has 0 spiro atoms. The van der Waals surface area contributed by atoms with Gasteiger partial charge >= 0.3 is 0 Å². The van der Waals surface area contributed by atoms with Crippen molar-refractivity contribution in [2.24, 2.45) is 0 Å². The van der Waals surface area contributed by atoms with Crippen LogP contribution in [0.2, 0.25) is 0 Å². The lowest BCUT2D eigenvalue weighted by Gasteiger charge is -2.14. The fraction of sp³-hybridized carbons (Fsp3) is 0.286. The summed E-state index contributed by atoms with van der Waals surface area (Å²) in [5, 5.41) is 13.1. The number of aliphatic hydroxyl groups excluding tert-OH is 1. The molecule has 2 aromatic carbocycles.